The van der Waals surface area contributed by atoms with Crippen LogP contribution in [0.15, 0.2) is 0 Å². The second-order valence-corrected chi connectivity index (χ2v) is 63.8. The molecule has 27 heavy (non-hydrogen) atoms. The van der Waals surface area contributed by atoms with Crippen LogP contribution in [-0.4, -0.2) is 45.5 Å². The van der Waals surface area contributed by atoms with Crippen molar-refractivity contribution in [3.63, 3.8) is 0 Å². The predicted molar refractivity (Wildman–Crippen MR) is 148 cm³/mol. The van der Waals surface area contributed by atoms with Gasteiger partial charge in [0.2, 0.25) is 0 Å². The average Bonchev–Trinajstić information content (AvgIpc) is 2.44. The van der Waals surface area contributed by atoms with Crippen LogP contribution in [0.2, 0.25) is 115 Å². The second kappa shape index (κ2) is 8.81. The van der Waals surface area contributed by atoms with Gasteiger partial charge in [0.1, 0.15) is 0 Å². The minimum atomic E-state index is -1.02. The van der Waals surface area contributed by atoms with E-state index in [0.29, 0.717) is 0 Å². The van der Waals surface area contributed by atoms with Gasteiger partial charge >= 0.3 is 0 Å². The molecule has 162 valence electrons. The molecule has 0 saturated carbocycles. The van der Waals surface area contributed by atoms with E-state index >= 15 is 0 Å². The summed E-state index contributed by atoms with van der Waals surface area (Å²) in [6.45, 7) is 33.3. The molecule has 0 amide bonds. The van der Waals surface area contributed by atoms with Gasteiger partial charge in [0, 0.05) is 45.5 Å². The molecule has 0 aliphatic carbocycles. The molecule has 0 aromatic rings. The summed E-state index contributed by atoms with van der Waals surface area (Å²) in [4.78, 5) is 0. The molecular formula is C21H54Si6. The van der Waals surface area contributed by atoms with Gasteiger partial charge in [-0.15, -0.1) is 0 Å². The summed E-state index contributed by atoms with van der Waals surface area (Å²) >= 11 is 0. The van der Waals surface area contributed by atoms with Crippen LogP contribution in [0.4, 0.5) is 0 Å². The Morgan fingerprint density at radius 3 is 0.481 bits per heavy atom. The minimum Gasteiger partial charge on any atom is -0.0713 e. The molecule has 1 heterocycles. The molecule has 1 fully saturated rings. The van der Waals surface area contributed by atoms with Gasteiger partial charge in [0.25, 0.3) is 0 Å². The van der Waals surface area contributed by atoms with Crippen molar-refractivity contribution in [3.8, 4) is 0 Å². The van der Waals surface area contributed by atoms with E-state index in [4.69, 9.17) is 0 Å². The van der Waals surface area contributed by atoms with E-state index in [9.17, 15) is 0 Å². The average molecular weight is 475 g/mol. The normalized spacial score (nSPS) is 30.7. The van der Waals surface area contributed by atoms with E-state index in [-0.39, 0.29) is 0 Å². The molecule has 1 aliphatic heterocycles. The van der Waals surface area contributed by atoms with Crippen molar-refractivity contribution in [3.05, 3.63) is 0 Å². The van der Waals surface area contributed by atoms with Gasteiger partial charge in [-0.25, -0.2) is 0 Å². The first kappa shape index (κ1) is 26.3. The lowest BCUT2D eigenvalue weighted by molar-refractivity contribution is 1.01. The van der Waals surface area contributed by atoms with Crippen LogP contribution < -0.4 is 0 Å². The van der Waals surface area contributed by atoms with Crippen molar-refractivity contribution < 1.29 is 0 Å². The van der Waals surface area contributed by atoms with Gasteiger partial charge < -0.3 is 0 Å². The Morgan fingerprint density at radius 2 is 0.370 bits per heavy atom. The van der Waals surface area contributed by atoms with Crippen molar-refractivity contribution in [2.24, 2.45) is 0 Å². The van der Waals surface area contributed by atoms with E-state index in [0.717, 1.165) is 0 Å². The maximum absolute atomic E-state index is 2.77. The van der Waals surface area contributed by atoms with Gasteiger partial charge in [-0.05, 0) is 0 Å². The molecule has 0 bridgehead atoms. The summed E-state index contributed by atoms with van der Waals surface area (Å²) in [5, 5.41) is 0. The van der Waals surface area contributed by atoms with Crippen LogP contribution in [0.25, 0.3) is 0 Å². The highest BCUT2D eigenvalue weighted by Gasteiger charge is 2.45. The van der Waals surface area contributed by atoms with Crippen molar-refractivity contribution in [1.82, 2.24) is 0 Å². The maximum atomic E-state index is 2.77. The lowest BCUT2D eigenvalue weighted by atomic mass is 10.6. The fourth-order valence-electron chi connectivity index (χ4n) is 4.95. The number of hydrogen-bond donors (Lipinski definition) is 0. The molecule has 0 atom stereocenters. The summed E-state index contributed by atoms with van der Waals surface area (Å²) in [7, 11) is -6.14. The largest absolute Gasteiger partial charge is 0.0713 e. The Kier molecular flexibility index (Phi) is 8.59. The Morgan fingerprint density at radius 1 is 0.259 bits per heavy atom. The second-order valence-electron chi connectivity index (χ2n) is 13.9. The van der Waals surface area contributed by atoms with E-state index in [1.165, 1.54) is 0 Å². The first-order valence-electron chi connectivity index (χ1n) is 11.9. The van der Waals surface area contributed by atoms with Crippen LogP contribution in [0, 0.1) is 0 Å². The van der Waals surface area contributed by atoms with E-state index < -0.39 is 45.5 Å². The van der Waals surface area contributed by atoms with Crippen molar-refractivity contribution in [2.45, 2.75) is 134 Å². The van der Waals surface area contributed by atoms with Gasteiger partial charge in [-0.3, -0.25) is 0 Å². The molecule has 0 aromatic carbocycles. The van der Waals surface area contributed by atoms with E-state index in [2.05, 4.69) is 78.6 Å². The summed E-state index contributed by atoms with van der Waals surface area (Å²) in [5.41, 5.74) is 0. The fourth-order valence-corrected chi connectivity index (χ4v) is 31.8. The predicted octanol–water partition coefficient (Wildman–Crippen LogP) is 8.66. The molecule has 1 rings (SSSR count). The summed E-state index contributed by atoms with van der Waals surface area (Å²) < 4.78 is 0. The third-order valence-electron chi connectivity index (χ3n) is 10.3. The maximum Gasteiger partial charge on any atom is 0.0412 e. The Balaban J connectivity index is 3.13. The minimum absolute atomic E-state index is 1.02. The molecular weight excluding hydrogens is 421 g/mol. The molecule has 0 unspecified atom stereocenters. The van der Waals surface area contributed by atoms with E-state index in [1.54, 1.807) is 55.5 Å². The van der Waals surface area contributed by atoms with Crippen LogP contribution in [-0.2, 0) is 0 Å². The van der Waals surface area contributed by atoms with Crippen LogP contribution >= 0.6 is 0 Å². The molecule has 0 aromatic heterocycles. The zero-order valence-electron chi connectivity index (χ0n) is 21.4. The molecule has 0 radical (unpaired) electrons. The van der Waals surface area contributed by atoms with Crippen LogP contribution in [0.1, 0.15) is 19.3 Å². The smallest absolute Gasteiger partial charge is 0.0412 e. The lowest BCUT2D eigenvalue weighted by Crippen LogP contribution is -2.56. The summed E-state index contributed by atoms with van der Waals surface area (Å²) in [5.74, 6) is 0. The van der Waals surface area contributed by atoms with Crippen molar-refractivity contribution >= 4 is 45.5 Å². The zero-order valence-corrected chi connectivity index (χ0v) is 27.4. The quantitative estimate of drug-likeness (QED) is 0.308. The molecule has 1 aliphatic rings. The third-order valence-corrected chi connectivity index (χ3v) is 68.4. The molecule has 6 heteroatoms. The first-order valence-corrected chi connectivity index (χ1v) is 34.1. The highest BCUT2D eigenvalue weighted by molar-refractivity contribution is 7.42. The topological polar surface area (TPSA) is 0 Å². The highest BCUT2D eigenvalue weighted by atomic mass is 29.3. The molecule has 0 spiro atoms. The van der Waals surface area contributed by atoms with Crippen LogP contribution in [0.3, 0.4) is 0 Å². The van der Waals surface area contributed by atoms with Crippen molar-refractivity contribution in [2.75, 3.05) is 0 Å². The van der Waals surface area contributed by atoms with Gasteiger partial charge in [0.05, 0.1) is 0 Å². The zero-order chi connectivity index (χ0) is 21.4. The molecule has 0 N–H and O–H groups in total. The number of hydrogen-bond acceptors (Lipinski definition) is 0. The first-order chi connectivity index (χ1) is 11.9. The summed E-state index contributed by atoms with van der Waals surface area (Å²) in [6.07, 6.45) is 4.73. The van der Waals surface area contributed by atoms with Gasteiger partial charge in [-0.2, -0.15) is 0 Å². The van der Waals surface area contributed by atoms with Crippen LogP contribution in [0.5, 0.6) is 0 Å². The highest BCUT2D eigenvalue weighted by Crippen LogP contribution is 2.38. The summed E-state index contributed by atoms with van der Waals surface area (Å²) in [6, 6.07) is 9.80. The van der Waals surface area contributed by atoms with Gasteiger partial charge in [-0.1, -0.05) is 134 Å². The lowest BCUT2D eigenvalue weighted by Gasteiger charge is -2.42. The third kappa shape index (κ3) is 6.39. The van der Waals surface area contributed by atoms with Gasteiger partial charge in [0.15, 0.2) is 0 Å². The standard InChI is InChI=1S/C21H54Si6/c1-22(2)16-13-18-24(5,6)26(9,10)20-15-21-27(11,12)25(7,8)19-14-17-23(22,3)4/h13-21H2,1-12H3. The monoisotopic (exact) mass is 474 g/mol. The van der Waals surface area contributed by atoms with Crippen molar-refractivity contribution in [1.29, 1.82) is 0 Å². The Labute approximate surface area is 179 Å². The SMILES string of the molecule is C[Si]1(C)CCC[Si](C)(C)[Si](C)(C)CCC[Si](C)(C)[Si](C)(C)CCC[Si]1(C)C. The Hall–Kier alpha value is 1.30. The van der Waals surface area contributed by atoms with E-state index in [1.807, 2.05) is 0 Å². The fraction of sp³-hybridized carbons (Fsp3) is 1.00. The Bertz CT molecular complexity index is 378. The molecule has 0 nitrogen and oxygen atoms in total. The molecule has 1 saturated heterocycles. The number of rotatable bonds is 0.